The summed E-state index contributed by atoms with van der Waals surface area (Å²) >= 11 is 0. The van der Waals surface area contributed by atoms with E-state index in [1.165, 1.54) is 5.56 Å². The lowest BCUT2D eigenvalue weighted by molar-refractivity contribution is 0.0909. The SMILES string of the molecule is CCCC(C)(C)NC(=O)c1ccc(CN2CCC(CO)CC2)cc1. The van der Waals surface area contributed by atoms with Gasteiger partial charge >= 0.3 is 0 Å². The van der Waals surface area contributed by atoms with E-state index in [2.05, 4.69) is 43.1 Å². The summed E-state index contributed by atoms with van der Waals surface area (Å²) in [5.41, 5.74) is 1.80. The molecule has 0 aromatic heterocycles. The molecular formula is C20H32N2O2. The van der Waals surface area contributed by atoms with Gasteiger partial charge in [0.05, 0.1) is 0 Å². The molecule has 24 heavy (non-hydrogen) atoms. The Balaban J connectivity index is 1.87. The highest BCUT2D eigenvalue weighted by molar-refractivity contribution is 5.94. The van der Waals surface area contributed by atoms with Crippen LogP contribution in [0.3, 0.4) is 0 Å². The molecule has 0 bridgehead atoms. The monoisotopic (exact) mass is 332 g/mol. The molecule has 0 saturated carbocycles. The number of hydrogen-bond donors (Lipinski definition) is 2. The molecule has 0 aliphatic carbocycles. The highest BCUT2D eigenvalue weighted by atomic mass is 16.3. The Hall–Kier alpha value is -1.39. The number of nitrogens with one attached hydrogen (secondary N) is 1. The van der Waals surface area contributed by atoms with Crippen molar-refractivity contribution in [3.63, 3.8) is 0 Å². The Morgan fingerprint density at radius 2 is 1.88 bits per heavy atom. The Morgan fingerprint density at radius 1 is 1.25 bits per heavy atom. The van der Waals surface area contributed by atoms with E-state index >= 15 is 0 Å². The van der Waals surface area contributed by atoms with Crippen molar-refractivity contribution >= 4 is 5.91 Å². The van der Waals surface area contributed by atoms with Crippen LogP contribution in [0, 0.1) is 5.92 Å². The molecule has 1 heterocycles. The molecule has 0 atom stereocenters. The molecule has 1 saturated heterocycles. The summed E-state index contributed by atoms with van der Waals surface area (Å²) < 4.78 is 0. The normalized spacial score (nSPS) is 17.0. The number of amides is 1. The van der Waals surface area contributed by atoms with Gasteiger partial charge in [0, 0.05) is 24.3 Å². The number of carbonyl (C=O) groups excluding carboxylic acids is 1. The lowest BCUT2D eigenvalue weighted by Crippen LogP contribution is -2.43. The number of rotatable bonds is 7. The predicted molar refractivity (Wildman–Crippen MR) is 98.0 cm³/mol. The van der Waals surface area contributed by atoms with Crippen molar-refractivity contribution in [3.8, 4) is 0 Å². The standard InChI is InChI=1S/C20H32N2O2/c1-4-11-20(2,3)21-19(24)18-7-5-16(6-8-18)14-22-12-9-17(15-23)10-13-22/h5-8,17,23H,4,9-15H2,1-3H3,(H,21,24). The van der Waals surface area contributed by atoms with Crippen molar-refractivity contribution in [2.24, 2.45) is 5.92 Å². The van der Waals surface area contributed by atoms with Crippen molar-refractivity contribution in [1.82, 2.24) is 10.2 Å². The molecule has 1 amide bonds. The first-order chi connectivity index (χ1) is 11.4. The zero-order chi connectivity index (χ0) is 17.6. The highest BCUT2D eigenvalue weighted by Crippen LogP contribution is 2.19. The smallest absolute Gasteiger partial charge is 0.251 e. The van der Waals surface area contributed by atoms with Gasteiger partial charge in [0.15, 0.2) is 0 Å². The van der Waals surface area contributed by atoms with Crippen LogP contribution >= 0.6 is 0 Å². The van der Waals surface area contributed by atoms with Crippen LogP contribution in [0.1, 0.15) is 62.4 Å². The number of aliphatic hydroxyl groups excluding tert-OH is 1. The van der Waals surface area contributed by atoms with E-state index in [1.54, 1.807) is 0 Å². The molecule has 1 aliphatic rings. The molecule has 1 aliphatic heterocycles. The van der Waals surface area contributed by atoms with Gasteiger partial charge in [0.1, 0.15) is 0 Å². The van der Waals surface area contributed by atoms with Crippen LogP contribution in [-0.2, 0) is 6.54 Å². The summed E-state index contributed by atoms with van der Waals surface area (Å²) in [6, 6.07) is 7.96. The van der Waals surface area contributed by atoms with Gasteiger partial charge in [-0.05, 0) is 69.8 Å². The summed E-state index contributed by atoms with van der Waals surface area (Å²) in [5, 5.41) is 12.3. The fourth-order valence-electron chi connectivity index (χ4n) is 3.41. The van der Waals surface area contributed by atoms with E-state index in [0.29, 0.717) is 12.5 Å². The maximum Gasteiger partial charge on any atom is 0.251 e. The van der Waals surface area contributed by atoms with Crippen molar-refractivity contribution in [3.05, 3.63) is 35.4 Å². The Morgan fingerprint density at radius 3 is 2.42 bits per heavy atom. The first kappa shape index (κ1) is 18.9. The van der Waals surface area contributed by atoms with Gasteiger partial charge in [-0.3, -0.25) is 9.69 Å². The number of nitrogens with zero attached hydrogens (tertiary/aromatic N) is 1. The van der Waals surface area contributed by atoms with Crippen LogP contribution in [-0.4, -0.2) is 41.1 Å². The molecule has 0 unspecified atom stereocenters. The Bertz CT molecular complexity index is 517. The maximum atomic E-state index is 12.4. The number of piperidine rings is 1. The fourth-order valence-corrected chi connectivity index (χ4v) is 3.41. The zero-order valence-electron chi connectivity index (χ0n) is 15.3. The van der Waals surface area contributed by atoms with Gasteiger partial charge in [0.25, 0.3) is 5.91 Å². The van der Waals surface area contributed by atoms with Crippen molar-refractivity contribution < 1.29 is 9.90 Å². The van der Waals surface area contributed by atoms with Crippen LogP contribution < -0.4 is 5.32 Å². The molecule has 2 N–H and O–H groups in total. The summed E-state index contributed by atoms with van der Waals surface area (Å²) in [6.45, 7) is 9.58. The van der Waals surface area contributed by atoms with Crippen LogP contribution in [0.5, 0.6) is 0 Å². The topological polar surface area (TPSA) is 52.6 Å². The van der Waals surface area contributed by atoms with E-state index < -0.39 is 0 Å². The van der Waals surface area contributed by atoms with Crippen LogP contribution in [0.25, 0.3) is 0 Å². The van der Waals surface area contributed by atoms with Gasteiger partial charge < -0.3 is 10.4 Å². The molecule has 4 nitrogen and oxygen atoms in total. The van der Waals surface area contributed by atoms with Crippen molar-refractivity contribution in [2.45, 2.75) is 58.5 Å². The van der Waals surface area contributed by atoms with Gasteiger partial charge in [-0.1, -0.05) is 25.5 Å². The second-order valence-electron chi connectivity index (χ2n) is 7.69. The number of carbonyl (C=O) groups is 1. The summed E-state index contributed by atoms with van der Waals surface area (Å²) in [5.74, 6) is 0.475. The average molecular weight is 332 g/mol. The van der Waals surface area contributed by atoms with Gasteiger partial charge in [-0.25, -0.2) is 0 Å². The fraction of sp³-hybridized carbons (Fsp3) is 0.650. The van der Waals surface area contributed by atoms with Crippen molar-refractivity contribution in [2.75, 3.05) is 19.7 Å². The largest absolute Gasteiger partial charge is 0.396 e. The molecule has 0 spiro atoms. The molecule has 2 rings (SSSR count). The molecule has 4 heteroatoms. The van der Waals surface area contributed by atoms with E-state index in [1.807, 2.05) is 12.1 Å². The Kier molecular flexibility index (Phi) is 6.81. The molecule has 1 aromatic rings. The first-order valence-corrected chi connectivity index (χ1v) is 9.18. The minimum atomic E-state index is -0.165. The maximum absolute atomic E-state index is 12.4. The summed E-state index contributed by atoms with van der Waals surface area (Å²) in [7, 11) is 0. The summed E-state index contributed by atoms with van der Waals surface area (Å²) in [4.78, 5) is 14.8. The molecule has 1 aromatic carbocycles. The predicted octanol–water partition coefficient (Wildman–Crippen LogP) is 3.20. The lowest BCUT2D eigenvalue weighted by Gasteiger charge is -2.31. The number of aliphatic hydroxyl groups is 1. The van der Waals surface area contributed by atoms with Crippen LogP contribution in [0.4, 0.5) is 0 Å². The zero-order valence-corrected chi connectivity index (χ0v) is 15.3. The minimum absolute atomic E-state index is 0.00348. The van der Waals surface area contributed by atoms with Crippen molar-refractivity contribution in [1.29, 1.82) is 0 Å². The second-order valence-corrected chi connectivity index (χ2v) is 7.69. The van der Waals surface area contributed by atoms with Crippen LogP contribution in [0.2, 0.25) is 0 Å². The molecular weight excluding hydrogens is 300 g/mol. The van der Waals surface area contributed by atoms with Gasteiger partial charge in [-0.15, -0.1) is 0 Å². The number of hydrogen-bond acceptors (Lipinski definition) is 3. The average Bonchev–Trinajstić information content (AvgIpc) is 2.55. The van der Waals surface area contributed by atoms with E-state index in [0.717, 1.165) is 50.9 Å². The number of likely N-dealkylation sites (tertiary alicyclic amines) is 1. The van der Waals surface area contributed by atoms with Crippen LogP contribution in [0.15, 0.2) is 24.3 Å². The van der Waals surface area contributed by atoms with Gasteiger partial charge in [0.2, 0.25) is 0 Å². The molecule has 1 fully saturated rings. The molecule has 134 valence electrons. The summed E-state index contributed by atoms with van der Waals surface area (Å²) in [6.07, 6.45) is 4.17. The third kappa shape index (κ3) is 5.60. The second kappa shape index (κ2) is 8.63. The molecule has 0 radical (unpaired) electrons. The number of benzene rings is 1. The quantitative estimate of drug-likeness (QED) is 0.806. The van der Waals surface area contributed by atoms with E-state index in [9.17, 15) is 9.90 Å². The van der Waals surface area contributed by atoms with Gasteiger partial charge in [-0.2, -0.15) is 0 Å². The lowest BCUT2D eigenvalue weighted by atomic mass is 9.97. The first-order valence-electron chi connectivity index (χ1n) is 9.18. The highest BCUT2D eigenvalue weighted by Gasteiger charge is 2.21. The van der Waals surface area contributed by atoms with E-state index in [-0.39, 0.29) is 11.4 Å². The third-order valence-corrected chi connectivity index (χ3v) is 4.91. The van der Waals surface area contributed by atoms with E-state index in [4.69, 9.17) is 0 Å². The Labute approximate surface area is 146 Å². The minimum Gasteiger partial charge on any atom is -0.396 e. The third-order valence-electron chi connectivity index (χ3n) is 4.91.